The van der Waals surface area contributed by atoms with E-state index in [4.69, 9.17) is 51.1 Å². The van der Waals surface area contributed by atoms with E-state index in [0.29, 0.717) is 25.8 Å². The molecule has 0 aliphatic rings. The van der Waals surface area contributed by atoms with Crippen molar-refractivity contribution in [3.8, 4) is 16.9 Å². The number of hydrogen-bond acceptors (Lipinski definition) is 1. The fourth-order valence-corrected chi connectivity index (χ4v) is 2.35. The van der Waals surface area contributed by atoms with Crippen molar-refractivity contribution in [2.24, 2.45) is 0 Å². The molecule has 0 aliphatic heterocycles. The second-order valence-electron chi connectivity index (χ2n) is 3.60. The fraction of sp³-hybridized carbons (Fsp3) is 0.0769. The molecule has 0 unspecified atom stereocenters. The van der Waals surface area contributed by atoms with Crippen molar-refractivity contribution in [1.29, 1.82) is 0 Å². The molecular formula is C13H8Cl4O. The first kappa shape index (κ1) is 13.8. The zero-order valence-corrected chi connectivity index (χ0v) is 12.3. The first-order chi connectivity index (χ1) is 8.52. The minimum atomic E-state index is 0.350. The standard InChI is InChI=1S/C13H8Cl4O/c1-18-12-6-7(2-3-9(12)14)8-4-10(15)13(17)11(16)5-8/h2-6H,1H3. The van der Waals surface area contributed by atoms with Gasteiger partial charge in [-0.2, -0.15) is 0 Å². The molecule has 94 valence electrons. The van der Waals surface area contributed by atoms with E-state index in [0.717, 1.165) is 11.1 Å². The first-order valence-corrected chi connectivity index (χ1v) is 6.52. The van der Waals surface area contributed by atoms with Crippen LogP contribution in [0.5, 0.6) is 5.75 Å². The van der Waals surface area contributed by atoms with Crippen LogP contribution in [0.1, 0.15) is 0 Å². The summed E-state index contributed by atoms with van der Waals surface area (Å²) >= 11 is 23.9. The third-order valence-electron chi connectivity index (χ3n) is 2.47. The van der Waals surface area contributed by atoms with Gasteiger partial charge in [0.2, 0.25) is 0 Å². The predicted octanol–water partition coefficient (Wildman–Crippen LogP) is 5.98. The van der Waals surface area contributed by atoms with Gasteiger partial charge in [-0.25, -0.2) is 0 Å². The van der Waals surface area contributed by atoms with Gasteiger partial charge in [0, 0.05) is 0 Å². The molecule has 0 N–H and O–H groups in total. The number of halogens is 4. The van der Waals surface area contributed by atoms with Gasteiger partial charge in [-0.15, -0.1) is 0 Å². The molecule has 0 spiro atoms. The highest BCUT2D eigenvalue weighted by Gasteiger charge is 2.09. The van der Waals surface area contributed by atoms with Crippen LogP contribution in [0.4, 0.5) is 0 Å². The number of ether oxygens (including phenoxy) is 1. The summed E-state index contributed by atoms with van der Waals surface area (Å²) in [6.45, 7) is 0. The molecule has 2 aromatic rings. The first-order valence-electron chi connectivity index (χ1n) is 5.01. The van der Waals surface area contributed by atoms with Crippen LogP contribution < -0.4 is 4.74 Å². The minimum Gasteiger partial charge on any atom is -0.495 e. The van der Waals surface area contributed by atoms with E-state index in [1.807, 2.05) is 12.1 Å². The summed E-state index contributed by atoms with van der Waals surface area (Å²) in [6, 6.07) is 8.93. The maximum absolute atomic E-state index is 6.00. The van der Waals surface area contributed by atoms with Crippen LogP contribution in [-0.2, 0) is 0 Å². The van der Waals surface area contributed by atoms with Crippen molar-refractivity contribution in [3.63, 3.8) is 0 Å². The smallest absolute Gasteiger partial charge is 0.138 e. The summed E-state index contributed by atoms with van der Waals surface area (Å²) in [5, 5.41) is 1.72. The van der Waals surface area contributed by atoms with E-state index in [9.17, 15) is 0 Å². The molecule has 0 saturated carbocycles. The Morgan fingerprint density at radius 2 is 1.39 bits per heavy atom. The molecule has 0 fully saturated rings. The summed E-state index contributed by atoms with van der Waals surface area (Å²) in [5.74, 6) is 0.594. The Bertz CT molecular complexity index is 573. The van der Waals surface area contributed by atoms with E-state index in [1.54, 1.807) is 25.3 Å². The van der Waals surface area contributed by atoms with Crippen LogP contribution in [0.25, 0.3) is 11.1 Å². The van der Waals surface area contributed by atoms with Gasteiger partial charge in [0.15, 0.2) is 0 Å². The highest BCUT2D eigenvalue weighted by molar-refractivity contribution is 6.48. The monoisotopic (exact) mass is 320 g/mol. The third kappa shape index (κ3) is 2.70. The average molecular weight is 322 g/mol. The van der Waals surface area contributed by atoms with E-state index in [1.165, 1.54) is 0 Å². The summed E-state index contributed by atoms with van der Waals surface area (Å²) in [6.07, 6.45) is 0. The average Bonchev–Trinajstić information content (AvgIpc) is 2.36. The molecule has 18 heavy (non-hydrogen) atoms. The Labute approximate surface area is 125 Å². The maximum Gasteiger partial charge on any atom is 0.138 e. The molecule has 0 heterocycles. The molecule has 0 aliphatic carbocycles. The fourth-order valence-electron chi connectivity index (χ4n) is 1.56. The van der Waals surface area contributed by atoms with Crippen LogP contribution in [-0.4, -0.2) is 7.11 Å². The van der Waals surface area contributed by atoms with Crippen molar-refractivity contribution in [3.05, 3.63) is 50.4 Å². The number of methoxy groups -OCH3 is 1. The second-order valence-corrected chi connectivity index (χ2v) is 5.20. The SMILES string of the molecule is COc1cc(-c2cc(Cl)c(Cl)c(Cl)c2)ccc1Cl. The lowest BCUT2D eigenvalue weighted by molar-refractivity contribution is 0.415. The van der Waals surface area contributed by atoms with Crippen LogP contribution in [0.15, 0.2) is 30.3 Å². The lowest BCUT2D eigenvalue weighted by atomic mass is 10.1. The highest BCUT2D eigenvalue weighted by atomic mass is 35.5. The van der Waals surface area contributed by atoms with Gasteiger partial charge >= 0.3 is 0 Å². The van der Waals surface area contributed by atoms with E-state index >= 15 is 0 Å². The largest absolute Gasteiger partial charge is 0.495 e. The van der Waals surface area contributed by atoms with Gasteiger partial charge in [-0.3, -0.25) is 0 Å². The molecule has 0 bridgehead atoms. The number of hydrogen-bond donors (Lipinski definition) is 0. The molecule has 5 heteroatoms. The van der Waals surface area contributed by atoms with Crippen LogP contribution in [0.2, 0.25) is 20.1 Å². The summed E-state index contributed by atoms with van der Waals surface area (Å²) in [5.41, 5.74) is 1.75. The summed E-state index contributed by atoms with van der Waals surface area (Å²) < 4.78 is 5.17. The van der Waals surface area contributed by atoms with Crippen molar-refractivity contribution in [2.45, 2.75) is 0 Å². The Kier molecular flexibility index (Phi) is 4.29. The summed E-state index contributed by atoms with van der Waals surface area (Å²) in [4.78, 5) is 0. The number of rotatable bonds is 2. The van der Waals surface area contributed by atoms with Gasteiger partial charge in [0.05, 0.1) is 27.2 Å². The quantitative estimate of drug-likeness (QED) is 0.618. The van der Waals surface area contributed by atoms with Crippen molar-refractivity contribution >= 4 is 46.4 Å². The van der Waals surface area contributed by atoms with Crippen molar-refractivity contribution in [1.82, 2.24) is 0 Å². The van der Waals surface area contributed by atoms with E-state index in [2.05, 4.69) is 0 Å². The van der Waals surface area contributed by atoms with Crippen LogP contribution in [0.3, 0.4) is 0 Å². The normalized spacial score (nSPS) is 10.5. The van der Waals surface area contributed by atoms with E-state index in [-0.39, 0.29) is 0 Å². The van der Waals surface area contributed by atoms with E-state index < -0.39 is 0 Å². The zero-order chi connectivity index (χ0) is 13.3. The Hall–Kier alpha value is -0.600. The van der Waals surface area contributed by atoms with Crippen LogP contribution in [0, 0.1) is 0 Å². The predicted molar refractivity (Wildman–Crippen MR) is 78.5 cm³/mol. The topological polar surface area (TPSA) is 9.23 Å². The van der Waals surface area contributed by atoms with Gasteiger partial charge < -0.3 is 4.74 Å². The number of benzene rings is 2. The summed E-state index contributed by atoms with van der Waals surface area (Å²) in [7, 11) is 1.56. The molecular weight excluding hydrogens is 314 g/mol. The second kappa shape index (κ2) is 5.58. The zero-order valence-electron chi connectivity index (χ0n) is 9.31. The molecule has 0 aromatic heterocycles. The Morgan fingerprint density at radius 3 is 1.94 bits per heavy atom. The van der Waals surface area contributed by atoms with Gasteiger partial charge in [0.1, 0.15) is 5.75 Å². The molecule has 0 radical (unpaired) electrons. The lowest BCUT2D eigenvalue weighted by Gasteiger charge is -2.08. The van der Waals surface area contributed by atoms with Gasteiger partial charge in [0.25, 0.3) is 0 Å². The molecule has 1 nitrogen and oxygen atoms in total. The minimum absolute atomic E-state index is 0.350. The molecule has 0 saturated heterocycles. The third-order valence-corrected chi connectivity index (χ3v) is 3.98. The van der Waals surface area contributed by atoms with Gasteiger partial charge in [-0.05, 0) is 35.4 Å². The lowest BCUT2D eigenvalue weighted by Crippen LogP contribution is -1.86. The van der Waals surface area contributed by atoms with Crippen LogP contribution >= 0.6 is 46.4 Å². The highest BCUT2D eigenvalue weighted by Crippen LogP contribution is 2.37. The molecule has 0 amide bonds. The Balaban J connectivity index is 2.55. The van der Waals surface area contributed by atoms with Crippen molar-refractivity contribution in [2.75, 3.05) is 7.11 Å². The maximum atomic E-state index is 6.00. The van der Waals surface area contributed by atoms with Crippen molar-refractivity contribution < 1.29 is 4.74 Å². The molecule has 2 aromatic carbocycles. The van der Waals surface area contributed by atoms with Gasteiger partial charge in [-0.1, -0.05) is 52.5 Å². The Morgan fingerprint density at radius 1 is 0.778 bits per heavy atom. The molecule has 0 atom stereocenters. The molecule has 2 rings (SSSR count).